The van der Waals surface area contributed by atoms with Gasteiger partial charge in [0.1, 0.15) is 11.4 Å². The lowest BCUT2D eigenvalue weighted by Gasteiger charge is -2.03. The van der Waals surface area contributed by atoms with Crippen LogP contribution in [0, 0.1) is 0 Å². The molecule has 0 aliphatic carbocycles. The third kappa shape index (κ3) is 3.55. The summed E-state index contributed by atoms with van der Waals surface area (Å²) in [5.74, 6) is -0.284. The van der Waals surface area contributed by atoms with E-state index in [-0.39, 0.29) is 17.4 Å². The molecule has 3 aromatic rings. The van der Waals surface area contributed by atoms with E-state index in [0.29, 0.717) is 22.0 Å². The highest BCUT2D eigenvalue weighted by Crippen LogP contribution is 2.30. The first kappa shape index (κ1) is 15.6. The summed E-state index contributed by atoms with van der Waals surface area (Å²) < 4.78 is 0.927. The largest absolute Gasteiger partial charge is 0.507 e. The summed E-state index contributed by atoms with van der Waals surface area (Å²) in [5.41, 5.74) is 1.84. The molecule has 0 radical (unpaired) electrons. The number of aromatic amines is 1. The Kier molecular flexibility index (Phi) is 4.36. The maximum absolute atomic E-state index is 12.2. The molecule has 0 saturated heterocycles. The minimum Gasteiger partial charge on any atom is -0.507 e. The van der Waals surface area contributed by atoms with Gasteiger partial charge in [0.25, 0.3) is 5.91 Å². The van der Waals surface area contributed by atoms with Crippen molar-refractivity contribution in [2.45, 2.75) is 0 Å². The second-order valence-electron chi connectivity index (χ2n) is 4.79. The van der Waals surface area contributed by atoms with Gasteiger partial charge >= 0.3 is 0 Å². The zero-order chi connectivity index (χ0) is 16.4. The average Bonchev–Trinajstić information content (AvgIpc) is 3.02. The van der Waals surface area contributed by atoms with Gasteiger partial charge in [-0.15, -0.1) is 0 Å². The van der Waals surface area contributed by atoms with E-state index >= 15 is 0 Å². The predicted octanol–water partition coefficient (Wildman–Crippen LogP) is 4.45. The summed E-state index contributed by atoms with van der Waals surface area (Å²) in [6.07, 6.45) is 0. The van der Waals surface area contributed by atoms with Crippen LogP contribution in [0.4, 0.5) is 5.69 Å². The standard InChI is InChI=1S/C16H11BrClN3O2/c17-9-1-4-11(5-2-9)19-16(23)14-8-13(20-21-14)12-7-10(18)3-6-15(12)22/h1-8,22H,(H,19,23)(H,20,21). The molecule has 23 heavy (non-hydrogen) atoms. The number of hydrogen-bond donors (Lipinski definition) is 3. The maximum Gasteiger partial charge on any atom is 0.273 e. The predicted molar refractivity (Wildman–Crippen MR) is 92.8 cm³/mol. The number of aromatic nitrogens is 2. The van der Waals surface area contributed by atoms with Gasteiger partial charge in [-0.3, -0.25) is 9.89 Å². The molecule has 0 fully saturated rings. The Bertz CT molecular complexity index is 862. The lowest BCUT2D eigenvalue weighted by Crippen LogP contribution is -2.12. The van der Waals surface area contributed by atoms with Crippen molar-refractivity contribution >= 4 is 39.1 Å². The molecule has 7 heteroatoms. The molecule has 2 aromatic carbocycles. The Hall–Kier alpha value is -2.31. The number of phenols is 1. The fourth-order valence-electron chi connectivity index (χ4n) is 2.02. The van der Waals surface area contributed by atoms with Gasteiger partial charge in [0.2, 0.25) is 0 Å². The van der Waals surface area contributed by atoms with E-state index in [1.807, 2.05) is 12.1 Å². The number of H-pyrrole nitrogens is 1. The summed E-state index contributed by atoms with van der Waals surface area (Å²) in [7, 11) is 0. The van der Waals surface area contributed by atoms with E-state index in [1.54, 1.807) is 30.3 Å². The summed E-state index contributed by atoms with van der Waals surface area (Å²) in [6.45, 7) is 0. The Morgan fingerprint density at radius 3 is 2.65 bits per heavy atom. The van der Waals surface area contributed by atoms with Crippen LogP contribution in [0.3, 0.4) is 0 Å². The smallest absolute Gasteiger partial charge is 0.273 e. The molecule has 3 rings (SSSR count). The van der Waals surface area contributed by atoms with Crippen LogP contribution in [-0.4, -0.2) is 21.2 Å². The number of halogens is 2. The monoisotopic (exact) mass is 391 g/mol. The van der Waals surface area contributed by atoms with Crippen molar-refractivity contribution < 1.29 is 9.90 Å². The Balaban J connectivity index is 1.82. The van der Waals surface area contributed by atoms with Crippen molar-refractivity contribution in [1.82, 2.24) is 10.2 Å². The number of aromatic hydroxyl groups is 1. The van der Waals surface area contributed by atoms with Gasteiger partial charge in [0.05, 0.1) is 5.69 Å². The van der Waals surface area contributed by atoms with Crippen molar-refractivity contribution in [3.63, 3.8) is 0 Å². The Morgan fingerprint density at radius 2 is 1.91 bits per heavy atom. The molecule has 0 spiro atoms. The van der Waals surface area contributed by atoms with Crippen molar-refractivity contribution in [3.8, 4) is 17.0 Å². The second-order valence-corrected chi connectivity index (χ2v) is 6.14. The quantitative estimate of drug-likeness (QED) is 0.616. The van der Waals surface area contributed by atoms with Crippen molar-refractivity contribution in [2.24, 2.45) is 0 Å². The van der Waals surface area contributed by atoms with Gasteiger partial charge in [0.15, 0.2) is 0 Å². The number of nitrogens with zero attached hydrogens (tertiary/aromatic N) is 1. The summed E-state index contributed by atoms with van der Waals surface area (Å²) in [6, 6.07) is 13.4. The average molecular weight is 393 g/mol. The molecular weight excluding hydrogens is 382 g/mol. The molecule has 3 N–H and O–H groups in total. The van der Waals surface area contributed by atoms with Gasteiger partial charge in [0, 0.05) is 20.7 Å². The van der Waals surface area contributed by atoms with E-state index < -0.39 is 0 Å². The molecule has 1 heterocycles. The minimum atomic E-state index is -0.326. The van der Waals surface area contributed by atoms with E-state index in [1.165, 1.54) is 6.07 Å². The molecule has 1 aromatic heterocycles. The lowest BCUT2D eigenvalue weighted by molar-refractivity contribution is 0.102. The van der Waals surface area contributed by atoms with E-state index in [4.69, 9.17) is 11.6 Å². The normalized spacial score (nSPS) is 10.5. The van der Waals surface area contributed by atoms with E-state index in [0.717, 1.165) is 4.47 Å². The Morgan fingerprint density at radius 1 is 1.17 bits per heavy atom. The van der Waals surface area contributed by atoms with Gasteiger partial charge in [-0.25, -0.2) is 0 Å². The number of amides is 1. The number of phenolic OH excluding ortho intramolecular Hbond substituents is 1. The highest BCUT2D eigenvalue weighted by molar-refractivity contribution is 9.10. The van der Waals surface area contributed by atoms with Gasteiger partial charge in [-0.1, -0.05) is 27.5 Å². The summed E-state index contributed by atoms with van der Waals surface area (Å²) in [5, 5.41) is 19.8. The molecule has 5 nitrogen and oxygen atoms in total. The van der Waals surface area contributed by atoms with Crippen LogP contribution in [0.5, 0.6) is 5.75 Å². The van der Waals surface area contributed by atoms with Crippen molar-refractivity contribution in [2.75, 3.05) is 5.32 Å². The molecule has 0 aliphatic heterocycles. The first-order chi connectivity index (χ1) is 11.0. The van der Waals surface area contributed by atoms with Crippen LogP contribution in [-0.2, 0) is 0 Å². The molecule has 116 valence electrons. The molecule has 0 bridgehead atoms. The molecule has 0 atom stereocenters. The lowest BCUT2D eigenvalue weighted by atomic mass is 10.1. The SMILES string of the molecule is O=C(Nc1ccc(Br)cc1)c1cc(-c2cc(Cl)ccc2O)n[nH]1. The fraction of sp³-hybridized carbons (Fsp3) is 0. The number of benzene rings is 2. The number of hydrogen-bond acceptors (Lipinski definition) is 3. The van der Waals surface area contributed by atoms with Gasteiger partial charge in [-0.05, 0) is 48.5 Å². The first-order valence-corrected chi connectivity index (χ1v) is 7.81. The zero-order valence-corrected chi connectivity index (χ0v) is 14.0. The molecule has 1 amide bonds. The van der Waals surface area contributed by atoms with Crippen LogP contribution in [0.15, 0.2) is 53.0 Å². The highest BCUT2D eigenvalue weighted by Gasteiger charge is 2.14. The first-order valence-electron chi connectivity index (χ1n) is 6.64. The highest BCUT2D eigenvalue weighted by atomic mass is 79.9. The number of carbonyl (C=O) groups excluding carboxylic acids is 1. The van der Waals surface area contributed by atoms with Crippen LogP contribution in [0.25, 0.3) is 11.3 Å². The minimum absolute atomic E-state index is 0.0424. The topological polar surface area (TPSA) is 78.0 Å². The van der Waals surface area contributed by atoms with Crippen LogP contribution in [0.1, 0.15) is 10.5 Å². The Labute approximate surface area is 145 Å². The number of carbonyl (C=O) groups is 1. The summed E-state index contributed by atoms with van der Waals surface area (Å²) in [4.78, 5) is 12.2. The van der Waals surface area contributed by atoms with Crippen LogP contribution < -0.4 is 5.32 Å². The number of rotatable bonds is 3. The van der Waals surface area contributed by atoms with Crippen molar-refractivity contribution in [3.05, 3.63) is 63.7 Å². The number of anilines is 1. The summed E-state index contributed by atoms with van der Waals surface area (Å²) >= 11 is 9.26. The van der Waals surface area contributed by atoms with Crippen LogP contribution in [0.2, 0.25) is 5.02 Å². The third-order valence-electron chi connectivity index (χ3n) is 3.16. The third-order valence-corrected chi connectivity index (χ3v) is 3.92. The number of nitrogens with one attached hydrogen (secondary N) is 2. The molecular formula is C16H11BrClN3O2. The van der Waals surface area contributed by atoms with Crippen LogP contribution >= 0.6 is 27.5 Å². The van der Waals surface area contributed by atoms with Gasteiger partial charge < -0.3 is 10.4 Å². The van der Waals surface area contributed by atoms with E-state index in [2.05, 4.69) is 31.4 Å². The molecule has 0 aliphatic rings. The second kappa shape index (κ2) is 6.44. The van der Waals surface area contributed by atoms with Crippen molar-refractivity contribution in [1.29, 1.82) is 0 Å². The van der Waals surface area contributed by atoms with Gasteiger partial charge in [-0.2, -0.15) is 5.10 Å². The molecule has 0 saturated carbocycles. The van der Waals surface area contributed by atoms with E-state index in [9.17, 15) is 9.90 Å². The molecule has 0 unspecified atom stereocenters. The zero-order valence-electron chi connectivity index (χ0n) is 11.7. The maximum atomic E-state index is 12.2. The fourth-order valence-corrected chi connectivity index (χ4v) is 2.46.